The number of fused-ring (bicyclic) bond motifs is 1. The van der Waals surface area contributed by atoms with Gasteiger partial charge in [0.2, 0.25) is 0 Å². The average molecular weight is 484 g/mol. The molecular formula is C30H33N3O3. The quantitative estimate of drug-likeness (QED) is 0.288. The third-order valence-electron chi connectivity index (χ3n) is 6.78. The molecule has 0 atom stereocenters. The third-order valence-corrected chi connectivity index (χ3v) is 6.78. The zero-order chi connectivity index (χ0) is 24.7. The lowest BCUT2D eigenvalue weighted by molar-refractivity contribution is -0.110. The summed E-state index contributed by atoms with van der Waals surface area (Å²) < 4.78 is 11.2. The zero-order valence-electron chi connectivity index (χ0n) is 20.8. The van der Waals surface area contributed by atoms with Crippen LogP contribution in [0.25, 0.3) is 16.7 Å². The molecule has 6 heteroatoms. The smallest absolute Gasteiger partial charge is 0.257 e. The number of rotatable bonds is 9. The Kier molecular flexibility index (Phi) is 7.52. The van der Waals surface area contributed by atoms with Gasteiger partial charge in [-0.3, -0.25) is 4.79 Å². The van der Waals surface area contributed by atoms with E-state index < -0.39 is 0 Å². The van der Waals surface area contributed by atoms with E-state index in [2.05, 4.69) is 15.5 Å². The number of methoxy groups -OCH3 is 1. The van der Waals surface area contributed by atoms with E-state index in [1.165, 1.54) is 32.4 Å². The number of hydrogen-bond donors (Lipinski definition) is 2. The molecule has 0 saturated carbocycles. The van der Waals surface area contributed by atoms with Crippen molar-refractivity contribution in [2.24, 2.45) is 0 Å². The van der Waals surface area contributed by atoms with Crippen LogP contribution in [0, 0.1) is 0 Å². The second-order valence-electron chi connectivity index (χ2n) is 9.28. The topological polar surface area (TPSA) is 62.8 Å². The maximum atomic E-state index is 12.7. The van der Waals surface area contributed by atoms with Crippen molar-refractivity contribution < 1.29 is 14.3 Å². The van der Waals surface area contributed by atoms with E-state index in [0.717, 1.165) is 59.1 Å². The standard InChI is InChI=1S/C30H33N3O3/c1-35-26-8-5-7-22(19-26)23-9-14-27-28(30(34)32-29(27)20-23)21-31-24-10-12-25(13-11-24)36-18-6-17-33-15-3-2-4-16-33/h5,7-14,19-21,31H,2-4,6,15-18H2,1H3,(H,32,34)/b28-21+. The molecule has 5 rings (SSSR count). The van der Waals surface area contributed by atoms with Gasteiger partial charge in [-0.15, -0.1) is 0 Å². The van der Waals surface area contributed by atoms with Crippen LogP contribution >= 0.6 is 0 Å². The molecule has 0 radical (unpaired) electrons. The van der Waals surface area contributed by atoms with Crippen molar-refractivity contribution >= 4 is 22.9 Å². The molecule has 2 heterocycles. The second kappa shape index (κ2) is 11.3. The van der Waals surface area contributed by atoms with Gasteiger partial charge >= 0.3 is 0 Å². The second-order valence-corrected chi connectivity index (χ2v) is 9.28. The average Bonchev–Trinajstić information content (AvgIpc) is 3.25. The minimum atomic E-state index is -0.117. The molecule has 1 fully saturated rings. The molecule has 6 nitrogen and oxygen atoms in total. The van der Waals surface area contributed by atoms with E-state index in [-0.39, 0.29) is 5.91 Å². The molecule has 1 amide bonds. The fourth-order valence-corrected chi connectivity index (χ4v) is 4.78. The van der Waals surface area contributed by atoms with Gasteiger partial charge in [-0.1, -0.05) is 30.7 Å². The molecule has 3 aromatic rings. The summed E-state index contributed by atoms with van der Waals surface area (Å²) in [6, 6.07) is 21.8. The van der Waals surface area contributed by atoms with Gasteiger partial charge in [0.15, 0.2) is 0 Å². The molecule has 36 heavy (non-hydrogen) atoms. The number of ether oxygens (including phenoxy) is 2. The van der Waals surface area contributed by atoms with Crippen LogP contribution in [0.5, 0.6) is 11.5 Å². The Hall–Kier alpha value is -3.77. The van der Waals surface area contributed by atoms with Crippen molar-refractivity contribution in [3.8, 4) is 22.6 Å². The Bertz CT molecular complexity index is 1230. The number of nitrogens with one attached hydrogen (secondary N) is 2. The highest BCUT2D eigenvalue weighted by Gasteiger charge is 2.24. The fourth-order valence-electron chi connectivity index (χ4n) is 4.78. The van der Waals surface area contributed by atoms with Crippen molar-refractivity contribution in [2.75, 3.05) is 44.0 Å². The van der Waals surface area contributed by atoms with E-state index in [4.69, 9.17) is 9.47 Å². The summed E-state index contributed by atoms with van der Waals surface area (Å²) in [6.07, 6.45) is 6.82. The van der Waals surface area contributed by atoms with Gasteiger partial charge in [0.05, 0.1) is 19.3 Å². The van der Waals surface area contributed by atoms with Crippen LogP contribution in [-0.4, -0.2) is 44.2 Å². The number of anilines is 2. The van der Waals surface area contributed by atoms with Crippen molar-refractivity contribution in [3.05, 3.63) is 78.5 Å². The number of carbonyl (C=O) groups is 1. The summed E-state index contributed by atoms with van der Waals surface area (Å²) in [4.78, 5) is 15.2. The van der Waals surface area contributed by atoms with Crippen molar-refractivity contribution in [1.29, 1.82) is 0 Å². The first kappa shape index (κ1) is 23.9. The molecule has 3 aromatic carbocycles. The molecule has 0 bridgehead atoms. The molecule has 186 valence electrons. The monoisotopic (exact) mass is 483 g/mol. The normalized spacial score (nSPS) is 16.5. The number of carbonyl (C=O) groups excluding carboxylic acids is 1. The first-order valence-electron chi connectivity index (χ1n) is 12.7. The molecular weight excluding hydrogens is 450 g/mol. The first-order valence-corrected chi connectivity index (χ1v) is 12.7. The van der Waals surface area contributed by atoms with Crippen molar-refractivity contribution in [2.45, 2.75) is 25.7 Å². The Balaban J connectivity index is 1.18. The number of amides is 1. The summed E-state index contributed by atoms with van der Waals surface area (Å²) >= 11 is 0. The molecule has 1 saturated heterocycles. The molecule has 0 aromatic heterocycles. The van der Waals surface area contributed by atoms with Gasteiger partial charge in [-0.25, -0.2) is 0 Å². The summed E-state index contributed by atoms with van der Waals surface area (Å²) in [6.45, 7) is 4.28. The van der Waals surface area contributed by atoms with E-state index in [1.807, 2.05) is 66.7 Å². The molecule has 2 N–H and O–H groups in total. The van der Waals surface area contributed by atoms with Crippen LogP contribution < -0.4 is 20.1 Å². The number of benzene rings is 3. The van der Waals surface area contributed by atoms with Gasteiger partial charge in [-0.05, 0) is 85.9 Å². The van der Waals surface area contributed by atoms with Crippen molar-refractivity contribution in [1.82, 2.24) is 4.90 Å². The van der Waals surface area contributed by atoms with Gasteiger partial charge < -0.3 is 25.0 Å². The number of nitrogens with zero attached hydrogens (tertiary/aromatic N) is 1. The predicted molar refractivity (Wildman–Crippen MR) is 146 cm³/mol. The SMILES string of the molecule is COc1cccc(-c2ccc3c(c2)NC(=O)/C3=C/Nc2ccc(OCCCN3CCCCC3)cc2)c1. The van der Waals surface area contributed by atoms with Gasteiger partial charge in [-0.2, -0.15) is 0 Å². The highest BCUT2D eigenvalue weighted by Crippen LogP contribution is 2.36. The molecule has 2 aliphatic rings. The number of likely N-dealkylation sites (tertiary alicyclic amines) is 1. The largest absolute Gasteiger partial charge is 0.497 e. The highest BCUT2D eigenvalue weighted by atomic mass is 16.5. The molecule has 0 unspecified atom stereocenters. The minimum absolute atomic E-state index is 0.117. The van der Waals surface area contributed by atoms with E-state index in [9.17, 15) is 4.79 Å². The minimum Gasteiger partial charge on any atom is -0.497 e. The van der Waals surface area contributed by atoms with Gasteiger partial charge in [0, 0.05) is 29.7 Å². The molecule has 0 aliphatic carbocycles. The number of hydrogen-bond acceptors (Lipinski definition) is 5. The Morgan fingerprint density at radius 1 is 0.944 bits per heavy atom. The molecule has 0 spiro atoms. The van der Waals surface area contributed by atoms with Gasteiger partial charge in [0.1, 0.15) is 11.5 Å². The van der Waals surface area contributed by atoms with Crippen LogP contribution in [0.3, 0.4) is 0 Å². The predicted octanol–water partition coefficient (Wildman–Crippen LogP) is 6.02. The first-order chi connectivity index (χ1) is 17.7. The Morgan fingerprint density at radius 3 is 2.56 bits per heavy atom. The fraction of sp³-hybridized carbons (Fsp3) is 0.300. The molecule has 2 aliphatic heterocycles. The maximum Gasteiger partial charge on any atom is 0.257 e. The third kappa shape index (κ3) is 5.71. The highest BCUT2D eigenvalue weighted by molar-refractivity contribution is 6.31. The zero-order valence-corrected chi connectivity index (χ0v) is 20.8. The lowest BCUT2D eigenvalue weighted by Gasteiger charge is -2.26. The van der Waals surface area contributed by atoms with E-state index in [0.29, 0.717) is 5.57 Å². The summed E-state index contributed by atoms with van der Waals surface area (Å²) in [7, 11) is 1.66. The van der Waals surface area contributed by atoms with Crippen LogP contribution in [0.15, 0.2) is 72.9 Å². The lowest BCUT2D eigenvalue weighted by atomic mass is 10.0. The van der Waals surface area contributed by atoms with Gasteiger partial charge in [0.25, 0.3) is 5.91 Å². The van der Waals surface area contributed by atoms with Crippen LogP contribution in [-0.2, 0) is 4.79 Å². The van der Waals surface area contributed by atoms with E-state index >= 15 is 0 Å². The van der Waals surface area contributed by atoms with Crippen LogP contribution in [0.4, 0.5) is 11.4 Å². The lowest BCUT2D eigenvalue weighted by Crippen LogP contribution is -2.31. The van der Waals surface area contributed by atoms with Crippen LogP contribution in [0.2, 0.25) is 0 Å². The maximum absolute atomic E-state index is 12.7. The Labute approximate surface area is 212 Å². The van der Waals surface area contributed by atoms with Crippen LogP contribution in [0.1, 0.15) is 31.2 Å². The van der Waals surface area contributed by atoms with Crippen molar-refractivity contribution in [3.63, 3.8) is 0 Å². The summed E-state index contributed by atoms with van der Waals surface area (Å²) in [5, 5.41) is 6.24. The number of piperidine rings is 1. The summed E-state index contributed by atoms with van der Waals surface area (Å²) in [5.41, 5.74) is 5.26. The summed E-state index contributed by atoms with van der Waals surface area (Å²) in [5.74, 6) is 1.55. The van der Waals surface area contributed by atoms with E-state index in [1.54, 1.807) is 13.3 Å². The Morgan fingerprint density at radius 2 is 1.75 bits per heavy atom.